The second-order valence-corrected chi connectivity index (χ2v) is 5.29. The number of nitro benzene ring substituents is 1. The number of alkyl carbamates (subject to hydrolysis) is 1. The molecular weight excluding hydrogens is 326 g/mol. The molecule has 25 heavy (non-hydrogen) atoms. The third-order valence-electron chi connectivity index (χ3n) is 3.38. The average molecular weight is 343 g/mol. The Morgan fingerprint density at radius 1 is 1.08 bits per heavy atom. The van der Waals surface area contributed by atoms with E-state index in [4.69, 9.17) is 10.5 Å². The van der Waals surface area contributed by atoms with Gasteiger partial charge in [0.2, 0.25) is 5.91 Å². The van der Waals surface area contributed by atoms with Crippen molar-refractivity contribution in [3.05, 3.63) is 75.8 Å². The highest BCUT2D eigenvalue weighted by Crippen LogP contribution is 2.13. The molecule has 2 aromatic rings. The second kappa shape index (κ2) is 8.55. The van der Waals surface area contributed by atoms with E-state index < -0.39 is 23.0 Å². The molecule has 2 amide bonds. The van der Waals surface area contributed by atoms with E-state index in [9.17, 15) is 19.7 Å². The fourth-order valence-electron chi connectivity index (χ4n) is 2.05. The summed E-state index contributed by atoms with van der Waals surface area (Å²) in [4.78, 5) is 33.6. The molecule has 8 nitrogen and oxygen atoms in total. The number of nitrogens with two attached hydrogens (primary N) is 1. The topological polar surface area (TPSA) is 125 Å². The molecule has 130 valence electrons. The molecule has 0 bridgehead atoms. The minimum absolute atomic E-state index is 0.0392. The number of nitro groups is 1. The molecule has 0 fully saturated rings. The first-order valence-electron chi connectivity index (χ1n) is 7.46. The number of amides is 2. The Hall–Kier alpha value is -3.26. The van der Waals surface area contributed by atoms with Crippen LogP contribution in [0, 0.1) is 10.1 Å². The Morgan fingerprint density at radius 3 is 2.32 bits per heavy atom. The van der Waals surface area contributed by atoms with Crippen LogP contribution in [-0.2, 0) is 22.6 Å². The zero-order chi connectivity index (χ0) is 18.2. The lowest BCUT2D eigenvalue weighted by atomic mass is 10.1. The van der Waals surface area contributed by atoms with Gasteiger partial charge in [-0.2, -0.15) is 0 Å². The Kier molecular flexibility index (Phi) is 6.19. The van der Waals surface area contributed by atoms with Gasteiger partial charge in [0, 0.05) is 12.1 Å². The molecule has 0 saturated heterocycles. The molecule has 0 saturated carbocycles. The minimum atomic E-state index is -0.981. The summed E-state index contributed by atoms with van der Waals surface area (Å²) in [7, 11) is 0. The van der Waals surface area contributed by atoms with E-state index in [1.54, 1.807) is 12.1 Å². The number of imide groups is 1. The number of nitrogens with one attached hydrogen (secondary N) is 1. The number of carbonyl (C=O) groups is 2. The Morgan fingerprint density at radius 2 is 1.72 bits per heavy atom. The van der Waals surface area contributed by atoms with Crippen molar-refractivity contribution >= 4 is 17.7 Å². The van der Waals surface area contributed by atoms with Crippen LogP contribution in [0.15, 0.2) is 54.6 Å². The molecule has 0 aliphatic carbocycles. The number of rotatable bonds is 6. The van der Waals surface area contributed by atoms with Crippen molar-refractivity contribution in [1.82, 2.24) is 5.32 Å². The number of hydrogen-bond donors (Lipinski definition) is 2. The van der Waals surface area contributed by atoms with Gasteiger partial charge in [0.05, 0.1) is 11.0 Å². The van der Waals surface area contributed by atoms with Crippen LogP contribution in [0.25, 0.3) is 0 Å². The third kappa shape index (κ3) is 5.70. The van der Waals surface area contributed by atoms with Crippen LogP contribution in [0.2, 0.25) is 0 Å². The molecule has 0 aliphatic rings. The maximum Gasteiger partial charge on any atom is 0.414 e. The highest BCUT2D eigenvalue weighted by Gasteiger charge is 2.18. The van der Waals surface area contributed by atoms with Gasteiger partial charge < -0.3 is 10.5 Å². The fourth-order valence-corrected chi connectivity index (χ4v) is 2.05. The molecule has 3 N–H and O–H groups in total. The van der Waals surface area contributed by atoms with E-state index >= 15 is 0 Å². The summed E-state index contributed by atoms with van der Waals surface area (Å²) in [5.74, 6) is -0.684. The molecule has 0 radical (unpaired) electrons. The number of nitrogens with zero attached hydrogens (tertiary/aromatic N) is 1. The standard InChI is InChI=1S/C17H17N3O5/c18-15(10-12-6-8-14(9-7-12)20(23)24)16(21)19-17(22)25-11-13-4-2-1-3-5-13/h1-9,15H,10-11,18H2,(H,19,21,22)/t15-/m0/s1. The predicted octanol–water partition coefficient (Wildman–Crippen LogP) is 1.92. The Balaban J connectivity index is 1.81. The van der Waals surface area contributed by atoms with E-state index in [1.807, 2.05) is 18.2 Å². The number of ether oxygens (including phenoxy) is 1. The lowest BCUT2D eigenvalue weighted by Crippen LogP contribution is -2.44. The van der Waals surface area contributed by atoms with Crippen molar-refractivity contribution in [2.24, 2.45) is 5.73 Å². The lowest BCUT2D eigenvalue weighted by molar-refractivity contribution is -0.384. The monoisotopic (exact) mass is 343 g/mol. The SMILES string of the molecule is N[C@@H](Cc1ccc([N+](=O)[O-])cc1)C(=O)NC(=O)OCc1ccccc1. The lowest BCUT2D eigenvalue weighted by Gasteiger charge is -2.12. The van der Waals surface area contributed by atoms with Crippen molar-refractivity contribution < 1.29 is 19.2 Å². The largest absolute Gasteiger partial charge is 0.444 e. The number of benzene rings is 2. The van der Waals surface area contributed by atoms with Gasteiger partial charge in [-0.15, -0.1) is 0 Å². The highest BCUT2D eigenvalue weighted by molar-refractivity contribution is 5.94. The van der Waals surface area contributed by atoms with E-state index in [1.165, 1.54) is 24.3 Å². The van der Waals surface area contributed by atoms with Gasteiger partial charge in [0.1, 0.15) is 6.61 Å². The molecule has 0 heterocycles. The van der Waals surface area contributed by atoms with Crippen LogP contribution >= 0.6 is 0 Å². The van der Waals surface area contributed by atoms with Gasteiger partial charge in [-0.05, 0) is 17.5 Å². The van der Waals surface area contributed by atoms with Crippen molar-refractivity contribution in [2.45, 2.75) is 19.1 Å². The average Bonchev–Trinajstić information content (AvgIpc) is 2.61. The number of non-ortho nitro benzene ring substituents is 1. The number of hydrogen-bond acceptors (Lipinski definition) is 6. The zero-order valence-corrected chi connectivity index (χ0v) is 13.3. The zero-order valence-electron chi connectivity index (χ0n) is 13.3. The maximum atomic E-state index is 11.9. The first-order valence-corrected chi connectivity index (χ1v) is 7.46. The van der Waals surface area contributed by atoms with E-state index in [0.29, 0.717) is 5.56 Å². The van der Waals surface area contributed by atoms with Gasteiger partial charge in [0.25, 0.3) is 5.69 Å². The molecule has 8 heteroatoms. The Bertz CT molecular complexity index is 747. The summed E-state index contributed by atoms with van der Waals surface area (Å²) in [6.07, 6.45) is -0.747. The molecule has 0 aromatic heterocycles. The summed E-state index contributed by atoms with van der Waals surface area (Å²) in [6.45, 7) is 0.0392. The first-order chi connectivity index (χ1) is 12.0. The molecule has 0 spiro atoms. The highest BCUT2D eigenvalue weighted by atomic mass is 16.6. The van der Waals surface area contributed by atoms with Gasteiger partial charge in [0.15, 0.2) is 0 Å². The van der Waals surface area contributed by atoms with Crippen LogP contribution in [0.4, 0.5) is 10.5 Å². The van der Waals surface area contributed by atoms with Gasteiger partial charge in [-0.1, -0.05) is 42.5 Å². The quantitative estimate of drug-likeness (QED) is 0.610. The second-order valence-electron chi connectivity index (χ2n) is 5.29. The summed E-state index contributed by atoms with van der Waals surface area (Å²) >= 11 is 0. The smallest absolute Gasteiger partial charge is 0.414 e. The van der Waals surface area contributed by atoms with E-state index in [0.717, 1.165) is 5.56 Å². The van der Waals surface area contributed by atoms with E-state index in [-0.39, 0.29) is 18.7 Å². The van der Waals surface area contributed by atoms with Crippen LogP contribution in [0.1, 0.15) is 11.1 Å². The number of carbonyl (C=O) groups excluding carboxylic acids is 2. The van der Waals surface area contributed by atoms with E-state index in [2.05, 4.69) is 5.32 Å². The van der Waals surface area contributed by atoms with Crippen LogP contribution in [-0.4, -0.2) is 23.0 Å². The van der Waals surface area contributed by atoms with Crippen LogP contribution < -0.4 is 11.1 Å². The molecule has 2 aromatic carbocycles. The van der Waals surface area contributed by atoms with Crippen LogP contribution in [0.5, 0.6) is 0 Å². The summed E-state index contributed by atoms with van der Waals surface area (Å²) in [5.41, 5.74) is 7.14. The summed E-state index contributed by atoms with van der Waals surface area (Å²) in [5, 5.41) is 12.7. The van der Waals surface area contributed by atoms with Crippen molar-refractivity contribution in [3.63, 3.8) is 0 Å². The molecule has 1 atom stereocenters. The molecule has 2 rings (SSSR count). The summed E-state index contributed by atoms with van der Waals surface area (Å²) < 4.78 is 4.94. The maximum absolute atomic E-state index is 11.9. The van der Waals surface area contributed by atoms with Crippen molar-refractivity contribution in [1.29, 1.82) is 0 Å². The normalized spacial score (nSPS) is 11.4. The molecule has 0 unspecified atom stereocenters. The predicted molar refractivity (Wildman–Crippen MR) is 89.5 cm³/mol. The Labute approximate surface area is 143 Å². The fraction of sp³-hybridized carbons (Fsp3) is 0.176. The van der Waals surface area contributed by atoms with Gasteiger partial charge in [-0.3, -0.25) is 20.2 Å². The third-order valence-corrected chi connectivity index (χ3v) is 3.38. The van der Waals surface area contributed by atoms with Crippen molar-refractivity contribution in [3.8, 4) is 0 Å². The van der Waals surface area contributed by atoms with Crippen LogP contribution in [0.3, 0.4) is 0 Å². The van der Waals surface area contributed by atoms with Gasteiger partial charge >= 0.3 is 6.09 Å². The summed E-state index contributed by atoms with van der Waals surface area (Å²) in [6, 6.07) is 13.7. The first kappa shape index (κ1) is 18.1. The minimum Gasteiger partial charge on any atom is -0.444 e. The molecule has 0 aliphatic heterocycles. The van der Waals surface area contributed by atoms with Crippen molar-refractivity contribution in [2.75, 3.05) is 0 Å². The molecular formula is C17H17N3O5. The van der Waals surface area contributed by atoms with Gasteiger partial charge in [-0.25, -0.2) is 4.79 Å².